The number of hydrogen-bond donors (Lipinski definition) is 0. The maximum Gasteiger partial charge on any atom is 0.243 e. The van der Waals surface area contributed by atoms with Gasteiger partial charge in [-0.1, -0.05) is 32.0 Å². The van der Waals surface area contributed by atoms with Crippen LogP contribution in [0.1, 0.15) is 50.4 Å². The van der Waals surface area contributed by atoms with Gasteiger partial charge in [0.1, 0.15) is 11.9 Å². The standard InChI is InChI=1S/C22H28FN3O2/c1-3-8-20(27)25(12-4-2)16-21(28)26-15-14-24-13-7-11-19(24)22(26)17-9-5-6-10-18(17)23/h5-7,9-11,13,22H,3-4,8,12,14-16H2,1-2H3. The third-order valence-electron chi connectivity index (χ3n) is 5.19. The van der Waals surface area contributed by atoms with Crippen molar-refractivity contribution in [1.82, 2.24) is 14.4 Å². The van der Waals surface area contributed by atoms with Crippen LogP contribution in [0.15, 0.2) is 42.6 Å². The number of carbonyl (C=O) groups is 2. The van der Waals surface area contributed by atoms with Gasteiger partial charge < -0.3 is 14.4 Å². The molecule has 1 aromatic heterocycles. The summed E-state index contributed by atoms with van der Waals surface area (Å²) in [6.45, 7) is 5.69. The van der Waals surface area contributed by atoms with Gasteiger partial charge in [-0.05, 0) is 31.0 Å². The van der Waals surface area contributed by atoms with Crippen LogP contribution in [0.25, 0.3) is 0 Å². The summed E-state index contributed by atoms with van der Waals surface area (Å²) in [5.74, 6) is -0.466. The van der Waals surface area contributed by atoms with Crippen LogP contribution in [0.3, 0.4) is 0 Å². The fraction of sp³-hybridized carbons (Fsp3) is 0.455. The van der Waals surface area contributed by atoms with E-state index in [2.05, 4.69) is 4.57 Å². The minimum absolute atomic E-state index is 0.000487. The molecule has 1 aliphatic heterocycles. The van der Waals surface area contributed by atoms with E-state index in [1.807, 2.05) is 32.2 Å². The van der Waals surface area contributed by atoms with Crippen LogP contribution < -0.4 is 0 Å². The fourth-order valence-corrected chi connectivity index (χ4v) is 3.86. The molecule has 3 rings (SSSR count). The Hall–Kier alpha value is -2.63. The number of carbonyl (C=O) groups excluding carboxylic acids is 2. The third kappa shape index (κ3) is 4.11. The Morgan fingerprint density at radius 1 is 1.11 bits per heavy atom. The van der Waals surface area contributed by atoms with Crippen molar-refractivity contribution in [3.63, 3.8) is 0 Å². The van der Waals surface area contributed by atoms with Crippen LogP contribution in [0, 0.1) is 5.82 Å². The summed E-state index contributed by atoms with van der Waals surface area (Å²) in [7, 11) is 0. The molecule has 0 fully saturated rings. The lowest BCUT2D eigenvalue weighted by molar-refractivity contribution is -0.142. The number of aromatic nitrogens is 1. The first-order valence-electron chi connectivity index (χ1n) is 10.0. The smallest absolute Gasteiger partial charge is 0.243 e. The zero-order valence-electron chi connectivity index (χ0n) is 16.6. The third-order valence-corrected chi connectivity index (χ3v) is 5.19. The van der Waals surface area contributed by atoms with Crippen LogP contribution in [0.5, 0.6) is 0 Å². The van der Waals surface area contributed by atoms with Gasteiger partial charge in [0, 0.05) is 43.5 Å². The van der Waals surface area contributed by atoms with Crippen molar-refractivity contribution in [2.45, 2.75) is 45.7 Å². The summed E-state index contributed by atoms with van der Waals surface area (Å²) in [6, 6.07) is 9.97. The molecule has 0 saturated heterocycles. The predicted octanol–water partition coefficient (Wildman–Crippen LogP) is 3.60. The Bertz CT molecular complexity index is 833. The lowest BCUT2D eigenvalue weighted by Gasteiger charge is -2.38. The van der Waals surface area contributed by atoms with Crippen LogP contribution in [0.4, 0.5) is 4.39 Å². The molecule has 2 amide bonds. The van der Waals surface area contributed by atoms with Crippen LogP contribution >= 0.6 is 0 Å². The van der Waals surface area contributed by atoms with E-state index < -0.39 is 6.04 Å². The number of rotatable bonds is 7. The predicted molar refractivity (Wildman–Crippen MR) is 106 cm³/mol. The highest BCUT2D eigenvalue weighted by Gasteiger charge is 2.34. The monoisotopic (exact) mass is 385 g/mol. The molecule has 6 heteroatoms. The van der Waals surface area contributed by atoms with Gasteiger partial charge in [0.05, 0.1) is 6.54 Å². The molecule has 1 aromatic carbocycles. The van der Waals surface area contributed by atoms with E-state index in [1.54, 1.807) is 28.0 Å². The van der Waals surface area contributed by atoms with Crippen molar-refractivity contribution in [2.24, 2.45) is 0 Å². The van der Waals surface area contributed by atoms with E-state index >= 15 is 0 Å². The van der Waals surface area contributed by atoms with Crippen molar-refractivity contribution < 1.29 is 14.0 Å². The number of benzene rings is 1. The van der Waals surface area contributed by atoms with Gasteiger partial charge in [0.2, 0.25) is 11.8 Å². The average molecular weight is 385 g/mol. The Labute approximate surface area is 165 Å². The molecule has 0 saturated carbocycles. The normalized spacial score (nSPS) is 16.0. The summed E-state index contributed by atoms with van der Waals surface area (Å²) in [5.41, 5.74) is 1.38. The van der Waals surface area contributed by atoms with Crippen molar-refractivity contribution in [3.8, 4) is 0 Å². The minimum atomic E-state index is -0.484. The van der Waals surface area contributed by atoms with E-state index in [-0.39, 0.29) is 24.2 Å². The van der Waals surface area contributed by atoms with Crippen molar-refractivity contribution in [3.05, 3.63) is 59.7 Å². The van der Waals surface area contributed by atoms with Crippen molar-refractivity contribution in [1.29, 1.82) is 0 Å². The van der Waals surface area contributed by atoms with Crippen LogP contribution in [-0.2, 0) is 16.1 Å². The van der Waals surface area contributed by atoms with Gasteiger partial charge in [-0.3, -0.25) is 9.59 Å². The van der Waals surface area contributed by atoms with E-state index in [0.717, 1.165) is 18.5 Å². The maximum absolute atomic E-state index is 14.6. The Morgan fingerprint density at radius 3 is 2.61 bits per heavy atom. The molecular formula is C22H28FN3O2. The van der Waals surface area contributed by atoms with E-state index in [0.29, 0.717) is 31.6 Å². The van der Waals surface area contributed by atoms with Crippen molar-refractivity contribution >= 4 is 11.8 Å². The molecule has 1 unspecified atom stereocenters. The summed E-state index contributed by atoms with van der Waals surface area (Å²) in [4.78, 5) is 29.0. The van der Waals surface area contributed by atoms with E-state index in [4.69, 9.17) is 0 Å². The fourth-order valence-electron chi connectivity index (χ4n) is 3.86. The highest BCUT2D eigenvalue weighted by atomic mass is 19.1. The largest absolute Gasteiger partial charge is 0.348 e. The molecule has 150 valence electrons. The van der Waals surface area contributed by atoms with Gasteiger partial charge >= 0.3 is 0 Å². The van der Waals surface area contributed by atoms with Gasteiger partial charge in [-0.15, -0.1) is 0 Å². The highest BCUT2D eigenvalue weighted by Crippen LogP contribution is 2.33. The second-order valence-electron chi connectivity index (χ2n) is 7.20. The minimum Gasteiger partial charge on any atom is -0.348 e. The zero-order chi connectivity index (χ0) is 20.1. The first-order valence-corrected chi connectivity index (χ1v) is 10.0. The summed E-state index contributed by atoms with van der Waals surface area (Å²) >= 11 is 0. The van der Waals surface area contributed by atoms with Crippen molar-refractivity contribution in [2.75, 3.05) is 19.6 Å². The van der Waals surface area contributed by atoms with Crippen LogP contribution in [0.2, 0.25) is 0 Å². The quantitative estimate of drug-likeness (QED) is 0.731. The van der Waals surface area contributed by atoms with Gasteiger partial charge in [-0.25, -0.2) is 4.39 Å². The van der Waals surface area contributed by atoms with Gasteiger partial charge in [0.25, 0.3) is 0 Å². The number of hydrogen-bond acceptors (Lipinski definition) is 2. The molecule has 0 spiro atoms. The molecule has 0 N–H and O–H groups in total. The molecule has 28 heavy (non-hydrogen) atoms. The summed E-state index contributed by atoms with van der Waals surface area (Å²) in [6.07, 6.45) is 3.94. The second-order valence-corrected chi connectivity index (χ2v) is 7.20. The molecule has 1 atom stereocenters. The lowest BCUT2D eigenvalue weighted by atomic mass is 9.99. The molecule has 5 nitrogen and oxygen atoms in total. The Morgan fingerprint density at radius 2 is 1.89 bits per heavy atom. The number of fused-ring (bicyclic) bond motifs is 1. The van der Waals surface area contributed by atoms with Crippen LogP contribution in [-0.4, -0.2) is 45.8 Å². The van der Waals surface area contributed by atoms with Gasteiger partial charge in [-0.2, -0.15) is 0 Å². The SMILES string of the molecule is CCCC(=O)N(CCC)CC(=O)N1CCn2cccc2C1c1ccccc1F. The molecule has 1 aliphatic rings. The number of amides is 2. The second kappa shape index (κ2) is 9.04. The first kappa shape index (κ1) is 20.1. The Balaban J connectivity index is 1.89. The number of halogens is 1. The molecule has 0 radical (unpaired) electrons. The summed E-state index contributed by atoms with van der Waals surface area (Å²) < 4.78 is 16.7. The summed E-state index contributed by atoms with van der Waals surface area (Å²) in [5, 5.41) is 0. The highest BCUT2D eigenvalue weighted by molar-refractivity contribution is 5.85. The zero-order valence-corrected chi connectivity index (χ0v) is 16.6. The van der Waals surface area contributed by atoms with Gasteiger partial charge in [0.15, 0.2) is 0 Å². The Kier molecular flexibility index (Phi) is 6.49. The average Bonchev–Trinajstić information content (AvgIpc) is 3.16. The molecule has 2 heterocycles. The molecular weight excluding hydrogens is 357 g/mol. The molecule has 0 aliphatic carbocycles. The maximum atomic E-state index is 14.6. The molecule has 0 bridgehead atoms. The van der Waals surface area contributed by atoms with E-state index in [1.165, 1.54) is 6.07 Å². The topological polar surface area (TPSA) is 45.6 Å². The molecule has 2 aromatic rings. The lowest BCUT2D eigenvalue weighted by Crippen LogP contribution is -2.48. The first-order chi connectivity index (χ1) is 13.6. The van der Waals surface area contributed by atoms with E-state index in [9.17, 15) is 14.0 Å². The number of nitrogens with zero attached hydrogens (tertiary/aromatic N) is 3.